The summed E-state index contributed by atoms with van der Waals surface area (Å²) in [4.78, 5) is 21.7. The lowest BCUT2D eigenvalue weighted by Gasteiger charge is -1.99. The fraction of sp³-hybridized carbons (Fsp3) is 0. The maximum absolute atomic E-state index is 10.8. The van der Waals surface area contributed by atoms with E-state index in [0.29, 0.717) is 5.56 Å². The zero-order valence-corrected chi connectivity index (χ0v) is 8.39. The van der Waals surface area contributed by atoms with E-state index in [-0.39, 0.29) is 11.1 Å². The predicted molar refractivity (Wildman–Crippen MR) is 54.7 cm³/mol. The molecule has 0 aromatic heterocycles. The molecular formula is C10H4Cl2O2. The van der Waals surface area contributed by atoms with Crippen LogP contribution in [0.25, 0.3) is 0 Å². The molecule has 0 amide bonds. The van der Waals surface area contributed by atoms with Crippen molar-refractivity contribution in [1.29, 1.82) is 0 Å². The van der Waals surface area contributed by atoms with Crippen molar-refractivity contribution < 1.29 is 9.59 Å². The van der Waals surface area contributed by atoms with E-state index < -0.39 is 10.5 Å². The highest BCUT2D eigenvalue weighted by molar-refractivity contribution is 6.69. The first-order chi connectivity index (χ1) is 6.54. The molecule has 0 atom stereocenters. The van der Waals surface area contributed by atoms with Crippen molar-refractivity contribution in [3.05, 3.63) is 34.9 Å². The standard InChI is InChI=1S/C10H4Cl2O2/c1-2-6-3-7(9(11)13)5-8(4-6)10(12)14/h1,3-5H. The number of hydrogen-bond donors (Lipinski definition) is 0. The van der Waals surface area contributed by atoms with Crippen LogP contribution in [0.3, 0.4) is 0 Å². The Morgan fingerprint density at radius 2 is 1.50 bits per heavy atom. The second-order valence-electron chi connectivity index (χ2n) is 2.49. The van der Waals surface area contributed by atoms with Crippen LogP contribution in [0.1, 0.15) is 26.3 Å². The van der Waals surface area contributed by atoms with Crippen LogP contribution in [0.5, 0.6) is 0 Å². The van der Waals surface area contributed by atoms with E-state index in [2.05, 4.69) is 5.92 Å². The monoisotopic (exact) mass is 226 g/mol. The molecule has 4 heteroatoms. The molecule has 0 unspecified atom stereocenters. The highest BCUT2D eigenvalue weighted by atomic mass is 35.5. The summed E-state index contributed by atoms with van der Waals surface area (Å²) < 4.78 is 0. The Hall–Kier alpha value is -1.30. The minimum Gasteiger partial charge on any atom is -0.276 e. The minimum atomic E-state index is -0.679. The van der Waals surface area contributed by atoms with Gasteiger partial charge in [-0.25, -0.2) is 0 Å². The summed E-state index contributed by atoms with van der Waals surface area (Å²) in [6.07, 6.45) is 5.13. The number of hydrogen-bond acceptors (Lipinski definition) is 2. The zero-order chi connectivity index (χ0) is 10.7. The molecule has 0 fully saturated rings. The quantitative estimate of drug-likeness (QED) is 0.574. The van der Waals surface area contributed by atoms with Crippen LogP contribution < -0.4 is 0 Å². The molecule has 2 nitrogen and oxygen atoms in total. The molecule has 1 aromatic rings. The van der Waals surface area contributed by atoms with Gasteiger partial charge in [0.2, 0.25) is 0 Å². The molecule has 0 radical (unpaired) electrons. The maximum atomic E-state index is 10.8. The molecule has 1 aromatic carbocycles. The SMILES string of the molecule is C#Cc1cc(C(=O)Cl)cc(C(=O)Cl)c1. The highest BCUT2D eigenvalue weighted by Crippen LogP contribution is 2.13. The fourth-order valence-electron chi connectivity index (χ4n) is 0.938. The van der Waals surface area contributed by atoms with Crippen molar-refractivity contribution in [2.45, 2.75) is 0 Å². The summed E-state index contributed by atoms with van der Waals surface area (Å²) in [6, 6.07) is 4.13. The molecule has 0 aliphatic heterocycles. The van der Waals surface area contributed by atoms with Crippen molar-refractivity contribution >= 4 is 33.7 Å². The van der Waals surface area contributed by atoms with Crippen LogP contribution in [0.2, 0.25) is 0 Å². The highest BCUT2D eigenvalue weighted by Gasteiger charge is 2.09. The van der Waals surface area contributed by atoms with Gasteiger partial charge in [-0.05, 0) is 41.4 Å². The van der Waals surface area contributed by atoms with Crippen LogP contribution in [-0.2, 0) is 0 Å². The lowest BCUT2D eigenvalue weighted by molar-refractivity contribution is 0.108. The van der Waals surface area contributed by atoms with E-state index in [1.54, 1.807) is 0 Å². The predicted octanol–water partition coefficient (Wildman–Crippen LogP) is 2.43. The van der Waals surface area contributed by atoms with Gasteiger partial charge in [0.05, 0.1) is 0 Å². The Balaban J connectivity index is 3.36. The third-order valence-corrected chi connectivity index (χ3v) is 1.99. The second kappa shape index (κ2) is 4.28. The summed E-state index contributed by atoms with van der Waals surface area (Å²) in [6.45, 7) is 0. The zero-order valence-electron chi connectivity index (χ0n) is 6.88. The molecule has 0 saturated heterocycles. The van der Waals surface area contributed by atoms with Gasteiger partial charge in [0.1, 0.15) is 0 Å². The van der Waals surface area contributed by atoms with Crippen molar-refractivity contribution in [2.24, 2.45) is 0 Å². The Bertz CT molecular complexity index is 412. The van der Waals surface area contributed by atoms with Crippen molar-refractivity contribution in [3.8, 4) is 12.3 Å². The molecule has 14 heavy (non-hydrogen) atoms. The average molecular weight is 227 g/mol. The van der Waals surface area contributed by atoms with E-state index in [1.807, 2.05) is 0 Å². The van der Waals surface area contributed by atoms with Gasteiger partial charge < -0.3 is 0 Å². The van der Waals surface area contributed by atoms with Gasteiger partial charge in [-0.1, -0.05) is 5.92 Å². The van der Waals surface area contributed by atoms with E-state index in [9.17, 15) is 9.59 Å². The van der Waals surface area contributed by atoms with Crippen molar-refractivity contribution in [1.82, 2.24) is 0 Å². The van der Waals surface area contributed by atoms with Gasteiger partial charge in [-0.15, -0.1) is 6.42 Å². The second-order valence-corrected chi connectivity index (χ2v) is 3.18. The Kier molecular flexibility index (Phi) is 3.29. The van der Waals surface area contributed by atoms with Crippen molar-refractivity contribution in [2.75, 3.05) is 0 Å². The molecule has 70 valence electrons. The maximum Gasteiger partial charge on any atom is 0.252 e. The first-order valence-corrected chi connectivity index (χ1v) is 4.31. The van der Waals surface area contributed by atoms with E-state index in [1.165, 1.54) is 18.2 Å². The largest absolute Gasteiger partial charge is 0.276 e. The third kappa shape index (κ3) is 2.35. The van der Waals surface area contributed by atoms with Crippen LogP contribution in [0.4, 0.5) is 0 Å². The van der Waals surface area contributed by atoms with Gasteiger partial charge >= 0.3 is 0 Å². The van der Waals surface area contributed by atoms with Gasteiger partial charge in [-0.3, -0.25) is 9.59 Å². The summed E-state index contributed by atoms with van der Waals surface area (Å²) in [5, 5.41) is -1.36. The Labute approximate surface area is 90.8 Å². The summed E-state index contributed by atoms with van der Waals surface area (Å²) >= 11 is 10.5. The normalized spacial score (nSPS) is 9.21. The molecule has 0 N–H and O–H groups in total. The smallest absolute Gasteiger partial charge is 0.252 e. The molecular weight excluding hydrogens is 223 g/mol. The van der Waals surface area contributed by atoms with E-state index in [4.69, 9.17) is 29.6 Å². The van der Waals surface area contributed by atoms with Gasteiger partial charge in [0.15, 0.2) is 0 Å². The average Bonchev–Trinajstić information content (AvgIpc) is 2.16. The molecule has 0 saturated carbocycles. The molecule has 0 aliphatic rings. The summed E-state index contributed by atoms with van der Waals surface area (Å²) in [5.74, 6) is 2.30. The number of benzene rings is 1. The van der Waals surface area contributed by atoms with Gasteiger partial charge in [-0.2, -0.15) is 0 Å². The van der Waals surface area contributed by atoms with Gasteiger partial charge in [0, 0.05) is 16.7 Å². The molecule has 0 heterocycles. The summed E-state index contributed by atoms with van der Waals surface area (Å²) in [7, 11) is 0. The molecule has 0 bridgehead atoms. The number of carbonyl (C=O) groups is 2. The number of halogens is 2. The van der Waals surface area contributed by atoms with Crippen LogP contribution in [0, 0.1) is 12.3 Å². The lowest BCUT2D eigenvalue weighted by atomic mass is 10.1. The van der Waals surface area contributed by atoms with Crippen LogP contribution in [-0.4, -0.2) is 10.5 Å². The number of carbonyl (C=O) groups excluding carboxylic acids is 2. The minimum absolute atomic E-state index is 0.158. The van der Waals surface area contributed by atoms with Crippen LogP contribution >= 0.6 is 23.2 Å². The van der Waals surface area contributed by atoms with E-state index >= 15 is 0 Å². The number of rotatable bonds is 2. The molecule has 1 rings (SSSR count). The van der Waals surface area contributed by atoms with Gasteiger partial charge in [0.25, 0.3) is 10.5 Å². The Morgan fingerprint density at radius 3 is 1.79 bits per heavy atom. The topological polar surface area (TPSA) is 34.1 Å². The molecule has 0 spiro atoms. The summed E-state index contributed by atoms with van der Waals surface area (Å²) in [5.41, 5.74) is 0.706. The molecule has 0 aliphatic carbocycles. The fourth-order valence-corrected chi connectivity index (χ4v) is 1.16. The lowest BCUT2D eigenvalue weighted by Crippen LogP contribution is -1.96. The van der Waals surface area contributed by atoms with Crippen molar-refractivity contribution in [3.63, 3.8) is 0 Å². The Morgan fingerprint density at radius 1 is 1.07 bits per heavy atom. The first kappa shape index (κ1) is 10.8. The van der Waals surface area contributed by atoms with E-state index in [0.717, 1.165) is 0 Å². The third-order valence-electron chi connectivity index (χ3n) is 1.55. The number of terminal acetylenes is 1. The van der Waals surface area contributed by atoms with Crippen LogP contribution in [0.15, 0.2) is 18.2 Å². The first-order valence-electron chi connectivity index (χ1n) is 3.56.